The van der Waals surface area contributed by atoms with Gasteiger partial charge >= 0.3 is 5.97 Å². The zero-order valence-electron chi connectivity index (χ0n) is 16.4. The van der Waals surface area contributed by atoms with Crippen molar-refractivity contribution in [2.24, 2.45) is 4.99 Å². The molecule has 0 spiro atoms. The van der Waals surface area contributed by atoms with Crippen LogP contribution < -0.4 is 10.6 Å². The van der Waals surface area contributed by atoms with E-state index in [1.54, 1.807) is 41.1 Å². The van der Waals surface area contributed by atoms with Crippen LogP contribution in [0.4, 0.5) is 10.1 Å². The first kappa shape index (κ1) is 21.2. The summed E-state index contributed by atoms with van der Waals surface area (Å²) in [6, 6.07) is 6.59. The predicted octanol–water partition coefficient (Wildman–Crippen LogP) is 3.97. The molecule has 0 fully saturated rings. The predicted molar refractivity (Wildman–Crippen MR) is 119 cm³/mol. The van der Waals surface area contributed by atoms with Crippen LogP contribution in [0.2, 0.25) is 0 Å². The van der Waals surface area contributed by atoms with Gasteiger partial charge in [0.25, 0.3) is 0 Å². The monoisotopic (exact) mass is 458 g/mol. The normalized spacial score (nSPS) is 14.0. The van der Waals surface area contributed by atoms with E-state index in [2.05, 4.69) is 4.99 Å². The Hall–Kier alpha value is -3.04. The van der Waals surface area contributed by atoms with E-state index in [0.717, 1.165) is 18.1 Å². The van der Waals surface area contributed by atoms with E-state index in [9.17, 15) is 14.3 Å². The minimum absolute atomic E-state index is 0.0654. The van der Waals surface area contributed by atoms with E-state index in [1.165, 1.54) is 17.4 Å². The summed E-state index contributed by atoms with van der Waals surface area (Å²) in [5, 5.41) is 20.7. The highest BCUT2D eigenvalue weighted by Gasteiger charge is 2.11. The lowest BCUT2D eigenvalue weighted by molar-refractivity contribution is -0.137. The molecule has 0 amide bonds. The number of fused-ring (bicyclic) bond motifs is 1. The van der Waals surface area contributed by atoms with Gasteiger partial charge in [-0.25, -0.2) is 4.39 Å². The van der Waals surface area contributed by atoms with Gasteiger partial charge in [-0.3, -0.25) is 14.4 Å². The van der Waals surface area contributed by atoms with Crippen LogP contribution in [-0.4, -0.2) is 27.0 Å². The number of halogens is 1. The summed E-state index contributed by atoms with van der Waals surface area (Å²) >= 11 is 6.64. The van der Waals surface area contributed by atoms with Crippen molar-refractivity contribution in [1.29, 1.82) is 0 Å². The number of benzene rings is 1. The van der Waals surface area contributed by atoms with Crippen molar-refractivity contribution < 1.29 is 23.8 Å². The number of nitrogens with zero attached hydrogens (tertiary/aromatic N) is 2. The van der Waals surface area contributed by atoms with Crippen LogP contribution in [0.5, 0.6) is 5.88 Å². The Morgan fingerprint density at radius 1 is 1.26 bits per heavy atom. The van der Waals surface area contributed by atoms with Gasteiger partial charge in [0.2, 0.25) is 5.88 Å². The van der Waals surface area contributed by atoms with Gasteiger partial charge in [-0.05, 0) is 55.4 Å². The highest BCUT2D eigenvalue weighted by atomic mass is 32.1. The number of hydrogen-bond donors (Lipinski definition) is 2. The van der Waals surface area contributed by atoms with Gasteiger partial charge in [-0.15, -0.1) is 11.3 Å². The van der Waals surface area contributed by atoms with Crippen molar-refractivity contribution in [2.45, 2.75) is 32.2 Å². The Balaban J connectivity index is 1.62. The summed E-state index contributed by atoms with van der Waals surface area (Å²) in [7, 11) is 0. The molecule has 0 atom stereocenters. The number of aliphatic carboxylic acids is 1. The number of aromatic hydroxyl groups is 1. The second-order valence-electron chi connectivity index (χ2n) is 7.06. The summed E-state index contributed by atoms with van der Waals surface area (Å²) < 4.78 is 22.0. The zero-order valence-corrected chi connectivity index (χ0v) is 18.0. The molecule has 0 saturated carbocycles. The lowest BCUT2D eigenvalue weighted by Crippen LogP contribution is -2.03. The molecule has 1 aromatic carbocycles. The van der Waals surface area contributed by atoms with E-state index in [-0.39, 0.29) is 18.1 Å². The number of aliphatic imine (C=N–C) groups is 1. The third kappa shape index (κ3) is 4.52. The van der Waals surface area contributed by atoms with Crippen molar-refractivity contribution >= 4 is 53.6 Å². The van der Waals surface area contributed by atoms with Crippen LogP contribution in [0.1, 0.15) is 30.6 Å². The molecule has 0 unspecified atom stereocenters. The molecule has 160 valence electrons. The molecule has 9 heteroatoms. The average molecular weight is 459 g/mol. The largest absolute Gasteiger partial charge is 0.493 e. The first-order valence-electron chi connectivity index (χ1n) is 9.73. The number of carbonyl (C=O) groups is 1. The fourth-order valence-electron chi connectivity index (χ4n) is 3.42. The lowest BCUT2D eigenvalue weighted by atomic mass is 10.2. The van der Waals surface area contributed by atoms with Crippen molar-refractivity contribution in [3.05, 3.63) is 60.2 Å². The fraction of sp³-hybridized carbons (Fsp3) is 0.227. The third-order valence-corrected chi connectivity index (χ3v) is 6.33. The molecule has 31 heavy (non-hydrogen) atoms. The summed E-state index contributed by atoms with van der Waals surface area (Å²) in [5.41, 5.74) is 1.41. The average Bonchev–Trinajstić information content (AvgIpc) is 3.45. The Morgan fingerprint density at radius 3 is 2.90 bits per heavy atom. The van der Waals surface area contributed by atoms with Gasteiger partial charge in [0.15, 0.2) is 3.95 Å². The molecule has 2 N–H and O–H groups in total. The van der Waals surface area contributed by atoms with Crippen molar-refractivity contribution in [2.75, 3.05) is 0 Å². The topological polar surface area (TPSA) is 88.0 Å². The van der Waals surface area contributed by atoms with E-state index >= 15 is 0 Å². The van der Waals surface area contributed by atoms with Crippen LogP contribution in [0.15, 0.2) is 33.7 Å². The van der Waals surface area contributed by atoms with Gasteiger partial charge in [0.05, 0.1) is 4.88 Å². The molecule has 1 aliphatic rings. The molecule has 0 bridgehead atoms. The summed E-state index contributed by atoms with van der Waals surface area (Å²) in [4.78, 5) is 15.2. The smallest absolute Gasteiger partial charge is 0.303 e. The summed E-state index contributed by atoms with van der Waals surface area (Å²) in [5.74, 6) is -1.12. The van der Waals surface area contributed by atoms with Crippen LogP contribution in [0.25, 0.3) is 12.2 Å². The van der Waals surface area contributed by atoms with Gasteiger partial charge in [-0.1, -0.05) is 6.42 Å². The zero-order chi connectivity index (χ0) is 22.0. The molecule has 2 aromatic heterocycles. The van der Waals surface area contributed by atoms with Gasteiger partial charge < -0.3 is 14.6 Å². The molecule has 0 saturated heterocycles. The molecule has 1 aliphatic heterocycles. The lowest BCUT2D eigenvalue weighted by Gasteiger charge is -2.04. The molecule has 3 heterocycles. The SMILES string of the molecule is O=C(O)CCCCCn1c(O)c(/C=c2/cc/c(=c3\ccc(F)c4c3=CC=N4)o2)sc1=S. The van der Waals surface area contributed by atoms with Crippen molar-refractivity contribution in [1.82, 2.24) is 4.57 Å². The number of unbranched alkanes of at least 4 members (excludes halogenated alkanes) is 2. The van der Waals surface area contributed by atoms with Gasteiger partial charge in [0, 0.05) is 35.7 Å². The maximum Gasteiger partial charge on any atom is 0.303 e. The van der Waals surface area contributed by atoms with Crippen LogP contribution in [0, 0.1) is 20.4 Å². The van der Waals surface area contributed by atoms with E-state index in [4.69, 9.17) is 21.7 Å². The molecule has 0 aliphatic carbocycles. The minimum atomic E-state index is -0.805. The Labute approximate surface area is 185 Å². The van der Waals surface area contributed by atoms with Crippen molar-refractivity contribution in [3.63, 3.8) is 0 Å². The number of thiazole rings is 1. The van der Waals surface area contributed by atoms with Gasteiger partial charge in [-0.2, -0.15) is 0 Å². The first-order chi connectivity index (χ1) is 14.9. The summed E-state index contributed by atoms with van der Waals surface area (Å²) in [6.45, 7) is 0.523. The Kier molecular flexibility index (Phi) is 6.15. The van der Waals surface area contributed by atoms with Crippen molar-refractivity contribution in [3.8, 4) is 5.88 Å². The van der Waals surface area contributed by atoms with Crippen LogP contribution >= 0.6 is 23.6 Å². The number of carboxylic acids is 1. The highest BCUT2D eigenvalue weighted by molar-refractivity contribution is 7.73. The van der Waals surface area contributed by atoms with E-state index in [0.29, 0.717) is 43.5 Å². The number of rotatable bonds is 7. The van der Waals surface area contributed by atoms with Gasteiger partial charge in [0.1, 0.15) is 22.3 Å². The second kappa shape index (κ2) is 8.99. The molecular weight excluding hydrogens is 439 g/mol. The quantitative estimate of drug-likeness (QED) is 0.413. The fourth-order valence-corrected chi connectivity index (χ4v) is 4.72. The number of furan rings is 1. The van der Waals surface area contributed by atoms with E-state index in [1.807, 2.05) is 0 Å². The number of aromatic nitrogens is 1. The summed E-state index contributed by atoms with van der Waals surface area (Å²) in [6.07, 6.45) is 7.22. The maximum absolute atomic E-state index is 13.9. The third-order valence-electron chi connectivity index (χ3n) is 4.94. The number of hydrogen-bond acceptors (Lipinski definition) is 6. The molecular formula is C22H19FN2O4S2. The molecule has 3 aromatic rings. The molecule has 6 nitrogen and oxygen atoms in total. The molecule has 0 radical (unpaired) electrons. The molecule has 4 rings (SSSR count). The van der Waals surface area contributed by atoms with Crippen LogP contribution in [-0.2, 0) is 11.3 Å². The standard InChI is InChI=1S/C22H19FN2O4S2/c23-16-7-6-14(15-9-10-24-20(15)16)17-8-5-13(29-17)12-18-21(28)25(22(30)31-18)11-3-1-2-4-19(26)27/h5-10,12,28H,1-4,11H2,(H,26,27)/b13-12-,17-14-. The van der Waals surface area contributed by atoms with E-state index < -0.39 is 5.97 Å². The second-order valence-corrected chi connectivity index (χ2v) is 8.74. The Bertz CT molecular complexity index is 1450. The van der Waals surface area contributed by atoms with Crippen LogP contribution in [0.3, 0.4) is 0 Å². The maximum atomic E-state index is 13.9. The first-order valence-corrected chi connectivity index (χ1v) is 11.0. The minimum Gasteiger partial charge on any atom is -0.493 e. The Morgan fingerprint density at radius 2 is 2.10 bits per heavy atom. The highest BCUT2D eigenvalue weighted by Crippen LogP contribution is 2.27. The number of carboxylic acid groups (broad SMARTS) is 1.